The van der Waals surface area contributed by atoms with Crippen LogP contribution in [0.2, 0.25) is 0 Å². The van der Waals surface area contributed by atoms with Crippen molar-refractivity contribution in [2.75, 3.05) is 19.8 Å². The molecule has 0 unspecified atom stereocenters. The second-order valence-electron chi connectivity index (χ2n) is 5.03. The van der Waals surface area contributed by atoms with E-state index >= 15 is 0 Å². The first-order valence-electron chi connectivity index (χ1n) is 6.49. The molecule has 1 aliphatic rings. The van der Waals surface area contributed by atoms with Gasteiger partial charge in [-0.2, -0.15) is 0 Å². The molecule has 1 fully saturated rings. The molecule has 0 aromatic heterocycles. The summed E-state index contributed by atoms with van der Waals surface area (Å²) in [6.45, 7) is 0.988. The number of aliphatic hydroxyl groups is 1. The molecule has 0 atom stereocenters. The van der Waals surface area contributed by atoms with Crippen LogP contribution < -0.4 is 5.32 Å². The number of hydrogen-bond acceptors (Lipinski definition) is 3. The minimum Gasteiger partial charge on any atom is -0.388 e. The van der Waals surface area contributed by atoms with Crippen LogP contribution in [0.5, 0.6) is 0 Å². The second-order valence-corrected chi connectivity index (χ2v) is 5.03. The number of nitrogens with one attached hydrogen (secondary N) is 1. The van der Waals surface area contributed by atoms with Crippen LogP contribution in [0.25, 0.3) is 0 Å². The number of carbonyl (C=O) groups excluding carboxylic acids is 1. The van der Waals surface area contributed by atoms with E-state index in [1.165, 1.54) is 0 Å². The maximum Gasteiger partial charge on any atom is 0.224 e. The normalized spacial score (nSPS) is 17.8. The van der Waals surface area contributed by atoms with E-state index < -0.39 is 23.1 Å². The zero-order valence-electron chi connectivity index (χ0n) is 11.0. The van der Waals surface area contributed by atoms with Gasteiger partial charge in [0.15, 0.2) is 0 Å². The first kappa shape index (κ1) is 14.9. The highest BCUT2D eigenvalue weighted by molar-refractivity contribution is 5.78. The summed E-state index contributed by atoms with van der Waals surface area (Å²) < 4.78 is 31.5. The average molecular weight is 285 g/mol. The second kappa shape index (κ2) is 6.28. The maximum atomic E-state index is 13.4. The number of amides is 1. The number of carbonyl (C=O) groups is 1. The lowest BCUT2D eigenvalue weighted by Crippen LogP contribution is -2.47. The minimum absolute atomic E-state index is 0.00136. The lowest BCUT2D eigenvalue weighted by molar-refractivity contribution is -0.123. The lowest BCUT2D eigenvalue weighted by atomic mass is 9.94. The van der Waals surface area contributed by atoms with Crippen molar-refractivity contribution in [1.82, 2.24) is 5.32 Å². The van der Waals surface area contributed by atoms with Crippen molar-refractivity contribution >= 4 is 5.91 Å². The molecule has 0 bridgehead atoms. The van der Waals surface area contributed by atoms with Crippen molar-refractivity contribution in [2.24, 2.45) is 0 Å². The average Bonchev–Trinajstić information content (AvgIpc) is 2.42. The van der Waals surface area contributed by atoms with E-state index in [4.69, 9.17) is 4.74 Å². The Morgan fingerprint density at radius 2 is 2.05 bits per heavy atom. The van der Waals surface area contributed by atoms with Crippen LogP contribution in [0.15, 0.2) is 18.2 Å². The maximum absolute atomic E-state index is 13.4. The fourth-order valence-corrected chi connectivity index (χ4v) is 2.11. The highest BCUT2D eigenvalue weighted by Gasteiger charge is 2.30. The third kappa shape index (κ3) is 3.98. The zero-order chi connectivity index (χ0) is 14.6. The molecule has 0 spiro atoms. The van der Waals surface area contributed by atoms with Crippen molar-refractivity contribution in [3.8, 4) is 0 Å². The Hall–Kier alpha value is -1.53. The van der Waals surface area contributed by atoms with Crippen LogP contribution in [0.3, 0.4) is 0 Å². The van der Waals surface area contributed by atoms with Gasteiger partial charge < -0.3 is 15.2 Å². The van der Waals surface area contributed by atoms with Gasteiger partial charge in [-0.1, -0.05) is 0 Å². The molecular formula is C14H17F2NO3. The van der Waals surface area contributed by atoms with Gasteiger partial charge in [0.2, 0.25) is 5.91 Å². The van der Waals surface area contributed by atoms with Gasteiger partial charge in [0.05, 0.1) is 12.0 Å². The summed E-state index contributed by atoms with van der Waals surface area (Å²) in [7, 11) is 0. The predicted molar refractivity (Wildman–Crippen MR) is 68.1 cm³/mol. The summed E-state index contributed by atoms with van der Waals surface area (Å²) in [6, 6.07) is 2.99. The quantitative estimate of drug-likeness (QED) is 0.873. The lowest BCUT2D eigenvalue weighted by Gasteiger charge is -2.32. The molecule has 0 radical (unpaired) electrons. The molecule has 1 amide bonds. The van der Waals surface area contributed by atoms with E-state index in [9.17, 15) is 18.7 Å². The summed E-state index contributed by atoms with van der Waals surface area (Å²) >= 11 is 0. The third-order valence-electron chi connectivity index (χ3n) is 3.40. The van der Waals surface area contributed by atoms with Crippen LogP contribution in [-0.2, 0) is 16.0 Å². The number of rotatable bonds is 4. The van der Waals surface area contributed by atoms with Gasteiger partial charge in [-0.05, 0) is 18.2 Å². The van der Waals surface area contributed by atoms with Crippen molar-refractivity contribution < 1.29 is 23.4 Å². The Kier molecular flexibility index (Phi) is 4.67. The molecule has 2 N–H and O–H groups in total. The van der Waals surface area contributed by atoms with Gasteiger partial charge in [0, 0.05) is 38.2 Å². The third-order valence-corrected chi connectivity index (χ3v) is 3.40. The molecule has 0 saturated carbocycles. The number of hydrogen-bond donors (Lipinski definition) is 2. The summed E-state index contributed by atoms with van der Waals surface area (Å²) in [5, 5.41) is 12.7. The van der Waals surface area contributed by atoms with E-state index in [0.717, 1.165) is 18.2 Å². The number of benzene rings is 1. The Balaban J connectivity index is 1.87. The molecule has 1 aliphatic heterocycles. The smallest absolute Gasteiger partial charge is 0.224 e. The molecule has 1 aromatic rings. The molecule has 110 valence electrons. The van der Waals surface area contributed by atoms with Gasteiger partial charge >= 0.3 is 0 Å². The molecule has 1 heterocycles. The van der Waals surface area contributed by atoms with Crippen molar-refractivity contribution in [2.45, 2.75) is 24.9 Å². The van der Waals surface area contributed by atoms with E-state index in [0.29, 0.717) is 26.1 Å². The number of ether oxygens (including phenoxy) is 1. The highest BCUT2D eigenvalue weighted by Crippen LogP contribution is 2.19. The van der Waals surface area contributed by atoms with Gasteiger partial charge in [-0.25, -0.2) is 8.78 Å². The van der Waals surface area contributed by atoms with Gasteiger partial charge in [-0.3, -0.25) is 4.79 Å². The molecule has 6 heteroatoms. The SMILES string of the molecule is O=C(Cc1cc(F)ccc1F)NCC1(O)CCOCC1. The summed E-state index contributed by atoms with van der Waals surface area (Å²) in [5.41, 5.74) is -0.976. The molecular weight excluding hydrogens is 268 g/mol. The van der Waals surface area contributed by atoms with Gasteiger partial charge in [0.25, 0.3) is 0 Å². The van der Waals surface area contributed by atoms with Crippen molar-refractivity contribution in [3.63, 3.8) is 0 Å². The van der Waals surface area contributed by atoms with Gasteiger partial charge in [-0.15, -0.1) is 0 Å². The Labute approximate surface area is 115 Å². The molecule has 0 aliphatic carbocycles. The Morgan fingerprint density at radius 3 is 2.75 bits per heavy atom. The summed E-state index contributed by atoms with van der Waals surface area (Å²) in [5.74, 6) is -1.65. The van der Waals surface area contributed by atoms with Gasteiger partial charge in [0.1, 0.15) is 11.6 Å². The van der Waals surface area contributed by atoms with Crippen molar-refractivity contribution in [3.05, 3.63) is 35.4 Å². The van der Waals surface area contributed by atoms with Crippen molar-refractivity contribution in [1.29, 1.82) is 0 Å². The van der Waals surface area contributed by atoms with E-state index in [1.54, 1.807) is 0 Å². The minimum atomic E-state index is -0.978. The van der Waals surface area contributed by atoms with E-state index in [-0.39, 0.29) is 18.5 Å². The van der Waals surface area contributed by atoms with E-state index in [1.807, 2.05) is 0 Å². The molecule has 20 heavy (non-hydrogen) atoms. The Bertz CT molecular complexity index is 487. The first-order chi connectivity index (χ1) is 9.48. The summed E-state index contributed by atoms with van der Waals surface area (Å²) in [4.78, 5) is 11.7. The Morgan fingerprint density at radius 1 is 1.35 bits per heavy atom. The van der Waals surface area contributed by atoms with E-state index in [2.05, 4.69) is 5.32 Å². The largest absolute Gasteiger partial charge is 0.388 e. The molecule has 1 saturated heterocycles. The fourth-order valence-electron chi connectivity index (χ4n) is 2.11. The molecule has 1 aromatic carbocycles. The van der Waals surface area contributed by atoms with Crippen LogP contribution in [-0.4, -0.2) is 36.4 Å². The molecule has 4 nitrogen and oxygen atoms in total. The highest BCUT2D eigenvalue weighted by atomic mass is 19.1. The van der Waals surface area contributed by atoms with Crippen LogP contribution in [0.1, 0.15) is 18.4 Å². The summed E-state index contributed by atoms with van der Waals surface area (Å²) in [6.07, 6.45) is 0.638. The molecule has 2 rings (SSSR count). The standard InChI is InChI=1S/C14H17F2NO3/c15-11-1-2-12(16)10(7-11)8-13(18)17-9-14(19)3-5-20-6-4-14/h1-2,7,19H,3-6,8-9H2,(H,17,18). The zero-order valence-corrected chi connectivity index (χ0v) is 11.0. The number of halogens is 2. The predicted octanol–water partition coefficient (Wildman–Crippen LogP) is 1.17. The monoisotopic (exact) mass is 285 g/mol. The topological polar surface area (TPSA) is 58.6 Å². The van der Waals surface area contributed by atoms with Crippen LogP contribution >= 0.6 is 0 Å². The van der Waals surface area contributed by atoms with Crippen LogP contribution in [0.4, 0.5) is 8.78 Å². The first-order valence-corrected chi connectivity index (χ1v) is 6.49. The fraction of sp³-hybridized carbons (Fsp3) is 0.500. The van der Waals surface area contributed by atoms with Crippen LogP contribution in [0, 0.1) is 11.6 Å².